The summed E-state index contributed by atoms with van der Waals surface area (Å²) < 4.78 is 9.88. The van der Waals surface area contributed by atoms with E-state index < -0.39 is 5.97 Å². The second-order valence-electron chi connectivity index (χ2n) is 3.77. The highest BCUT2D eigenvalue weighted by Crippen LogP contribution is 2.01. The molecule has 4 heteroatoms. The summed E-state index contributed by atoms with van der Waals surface area (Å²) in [6.07, 6.45) is 0.470. The van der Waals surface area contributed by atoms with Crippen LogP contribution in [0.15, 0.2) is 42.5 Å². The molecule has 0 N–H and O–H groups in total. The summed E-state index contributed by atoms with van der Waals surface area (Å²) in [5, 5.41) is 0. The Morgan fingerprint density at radius 2 is 1.72 bits per heavy atom. The average Bonchev–Trinajstić information content (AvgIpc) is 2.38. The fourth-order valence-electron chi connectivity index (χ4n) is 1.17. The molecule has 1 aromatic rings. The summed E-state index contributed by atoms with van der Waals surface area (Å²) in [4.78, 5) is 22.5. The van der Waals surface area contributed by atoms with E-state index in [4.69, 9.17) is 9.47 Å². The van der Waals surface area contributed by atoms with Crippen LogP contribution in [0.5, 0.6) is 0 Å². The lowest BCUT2D eigenvalue weighted by atomic mass is 10.2. The van der Waals surface area contributed by atoms with Crippen LogP contribution in [0.3, 0.4) is 0 Å². The monoisotopic (exact) mass is 248 g/mol. The number of carbonyl (C=O) groups is 2. The average molecular weight is 248 g/mol. The van der Waals surface area contributed by atoms with E-state index in [9.17, 15) is 9.59 Å². The highest BCUT2D eigenvalue weighted by molar-refractivity contribution is 5.89. The molecule has 0 amide bonds. The van der Waals surface area contributed by atoms with Gasteiger partial charge in [0.25, 0.3) is 0 Å². The number of benzene rings is 1. The third kappa shape index (κ3) is 4.82. The predicted molar refractivity (Wildman–Crippen MR) is 67.1 cm³/mol. The zero-order chi connectivity index (χ0) is 13.4. The first-order chi connectivity index (χ1) is 8.61. The predicted octanol–water partition coefficient (Wildman–Crippen LogP) is 2.35. The van der Waals surface area contributed by atoms with Crippen molar-refractivity contribution in [1.82, 2.24) is 0 Å². The van der Waals surface area contributed by atoms with E-state index in [0.717, 1.165) is 0 Å². The van der Waals surface area contributed by atoms with Crippen LogP contribution in [0.25, 0.3) is 0 Å². The highest BCUT2D eigenvalue weighted by atomic mass is 16.5. The minimum Gasteiger partial charge on any atom is -0.462 e. The van der Waals surface area contributed by atoms with Crippen molar-refractivity contribution in [3.63, 3.8) is 0 Å². The molecule has 96 valence electrons. The van der Waals surface area contributed by atoms with Crippen LogP contribution in [0.2, 0.25) is 0 Å². The first kappa shape index (κ1) is 14.0. The van der Waals surface area contributed by atoms with Gasteiger partial charge in [0.15, 0.2) is 0 Å². The van der Waals surface area contributed by atoms with Crippen LogP contribution >= 0.6 is 0 Å². The van der Waals surface area contributed by atoms with Gasteiger partial charge in [-0.3, -0.25) is 0 Å². The van der Waals surface area contributed by atoms with Gasteiger partial charge in [0, 0.05) is 12.0 Å². The third-order valence-corrected chi connectivity index (χ3v) is 2.11. The maximum atomic E-state index is 11.5. The quantitative estimate of drug-likeness (QED) is 0.440. The fourth-order valence-corrected chi connectivity index (χ4v) is 1.17. The zero-order valence-electron chi connectivity index (χ0n) is 10.3. The molecule has 18 heavy (non-hydrogen) atoms. The van der Waals surface area contributed by atoms with Crippen LogP contribution in [0.4, 0.5) is 0 Å². The minimum absolute atomic E-state index is 0.216. The number of carbonyl (C=O) groups excluding carboxylic acids is 2. The Labute approximate surface area is 106 Å². The molecule has 0 atom stereocenters. The van der Waals surface area contributed by atoms with Crippen molar-refractivity contribution in [2.24, 2.45) is 0 Å². The van der Waals surface area contributed by atoms with E-state index in [-0.39, 0.29) is 19.2 Å². The van der Waals surface area contributed by atoms with Crippen molar-refractivity contribution in [2.75, 3.05) is 13.2 Å². The van der Waals surface area contributed by atoms with Crippen LogP contribution < -0.4 is 0 Å². The second kappa shape index (κ2) is 7.27. The first-order valence-electron chi connectivity index (χ1n) is 5.66. The summed E-state index contributed by atoms with van der Waals surface area (Å²) in [6.45, 7) is 5.48. The molecule has 0 saturated heterocycles. The molecular weight excluding hydrogens is 232 g/mol. The molecule has 0 aromatic heterocycles. The van der Waals surface area contributed by atoms with Gasteiger partial charge in [-0.05, 0) is 19.1 Å². The molecule has 0 aliphatic heterocycles. The summed E-state index contributed by atoms with van der Waals surface area (Å²) >= 11 is 0. The van der Waals surface area contributed by atoms with Crippen LogP contribution in [0, 0.1) is 0 Å². The van der Waals surface area contributed by atoms with E-state index in [1.807, 2.05) is 6.07 Å². The van der Waals surface area contributed by atoms with Crippen LogP contribution in [-0.4, -0.2) is 25.2 Å². The number of esters is 2. The van der Waals surface area contributed by atoms with Gasteiger partial charge >= 0.3 is 11.9 Å². The van der Waals surface area contributed by atoms with E-state index in [1.54, 1.807) is 31.2 Å². The van der Waals surface area contributed by atoms with Crippen molar-refractivity contribution in [3.8, 4) is 0 Å². The van der Waals surface area contributed by atoms with Gasteiger partial charge in [0.05, 0.1) is 18.8 Å². The molecule has 4 nitrogen and oxygen atoms in total. The number of hydrogen-bond donors (Lipinski definition) is 0. The van der Waals surface area contributed by atoms with Crippen molar-refractivity contribution in [3.05, 3.63) is 48.0 Å². The highest BCUT2D eigenvalue weighted by Gasteiger charge is 2.06. The lowest BCUT2D eigenvalue weighted by Gasteiger charge is -2.06. The Morgan fingerprint density at radius 1 is 1.11 bits per heavy atom. The second-order valence-corrected chi connectivity index (χ2v) is 3.77. The molecule has 0 fully saturated rings. The molecule has 0 aliphatic rings. The molecule has 1 rings (SSSR count). The van der Waals surface area contributed by atoms with Gasteiger partial charge < -0.3 is 9.47 Å². The Balaban J connectivity index is 2.17. The van der Waals surface area contributed by atoms with E-state index in [0.29, 0.717) is 17.6 Å². The summed E-state index contributed by atoms with van der Waals surface area (Å²) in [5.41, 5.74) is 0.868. The SMILES string of the molecule is C=C(C)C(=O)OCCCOC(=O)c1ccccc1. The van der Waals surface area contributed by atoms with Gasteiger partial charge in [0.1, 0.15) is 0 Å². The van der Waals surface area contributed by atoms with Crippen molar-refractivity contribution in [2.45, 2.75) is 13.3 Å². The first-order valence-corrected chi connectivity index (χ1v) is 5.66. The number of rotatable bonds is 6. The lowest BCUT2D eigenvalue weighted by molar-refractivity contribution is -0.139. The summed E-state index contributed by atoms with van der Waals surface area (Å²) in [5.74, 6) is -0.800. The Kier molecular flexibility index (Phi) is 5.64. The van der Waals surface area contributed by atoms with Gasteiger partial charge in [-0.1, -0.05) is 24.8 Å². The Bertz CT molecular complexity index is 423. The van der Waals surface area contributed by atoms with E-state index in [2.05, 4.69) is 6.58 Å². The van der Waals surface area contributed by atoms with Gasteiger partial charge in [0.2, 0.25) is 0 Å². The third-order valence-electron chi connectivity index (χ3n) is 2.11. The standard InChI is InChI=1S/C14H16O4/c1-11(2)13(15)17-9-6-10-18-14(16)12-7-4-3-5-8-12/h3-5,7-8H,1,6,9-10H2,2H3. The van der Waals surface area contributed by atoms with Gasteiger partial charge in [-0.25, -0.2) is 9.59 Å². The molecular formula is C14H16O4. The zero-order valence-corrected chi connectivity index (χ0v) is 10.3. The molecule has 0 heterocycles. The molecule has 0 saturated carbocycles. The number of hydrogen-bond acceptors (Lipinski definition) is 4. The Morgan fingerprint density at radius 3 is 2.33 bits per heavy atom. The maximum Gasteiger partial charge on any atom is 0.338 e. The largest absolute Gasteiger partial charge is 0.462 e. The molecule has 0 bridgehead atoms. The van der Waals surface area contributed by atoms with Crippen LogP contribution in [-0.2, 0) is 14.3 Å². The molecule has 1 aromatic carbocycles. The van der Waals surface area contributed by atoms with E-state index in [1.165, 1.54) is 0 Å². The fraction of sp³-hybridized carbons (Fsp3) is 0.286. The van der Waals surface area contributed by atoms with Crippen LogP contribution in [0.1, 0.15) is 23.7 Å². The minimum atomic E-state index is -0.426. The molecule has 0 aliphatic carbocycles. The van der Waals surface area contributed by atoms with Gasteiger partial charge in [-0.15, -0.1) is 0 Å². The Hall–Kier alpha value is -2.10. The molecule has 0 unspecified atom stereocenters. The van der Waals surface area contributed by atoms with Gasteiger partial charge in [-0.2, -0.15) is 0 Å². The lowest BCUT2D eigenvalue weighted by Crippen LogP contribution is -2.11. The number of ether oxygens (including phenoxy) is 2. The molecule has 0 radical (unpaired) electrons. The summed E-state index contributed by atoms with van der Waals surface area (Å²) in [7, 11) is 0. The maximum absolute atomic E-state index is 11.5. The topological polar surface area (TPSA) is 52.6 Å². The van der Waals surface area contributed by atoms with Crippen molar-refractivity contribution in [1.29, 1.82) is 0 Å². The van der Waals surface area contributed by atoms with Crippen molar-refractivity contribution >= 4 is 11.9 Å². The smallest absolute Gasteiger partial charge is 0.338 e. The molecule has 0 spiro atoms. The van der Waals surface area contributed by atoms with E-state index >= 15 is 0 Å². The normalized spacial score (nSPS) is 9.61. The summed E-state index contributed by atoms with van der Waals surface area (Å²) in [6, 6.07) is 8.73. The van der Waals surface area contributed by atoms with Crippen molar-refractivity contribution < 1.29 is 19.1 Å².